The van der Waals surface area contributed by atoms with Crippen molar-refractivity contribution in [1.29, 1.82) is 0 Å². The van der Waals surface area contributed by atoms with Crippen LogP contribution >= 0.6 is 11.3 Å². The molecule has 0 amide bonds. The van der Waals surface area contributed by atoms with Crippen molar-refractivity contribution in [3.05, 3.63) is 60.2 Å². The zero-order valence-corrected chi connectivity index (χ0v) is 14.0. The van der Waals surface area contributed by atoms with Crippen molar-refractivity contribution in [1.82, 2.24) is 0 Å². The molecule has 0 aliphatic carbocycles. The average Bonchev–Trinajstić information content (AvgIpc) is 2.82. The minimum absolute atomic E-state index is 0.219. The normalized spacial score (nSPS) is 14.3. The van der Waals surface area contributed by atoms with E-state index in [1.807, 2.05) is 11.3 Å². The maximum atomic E-state index is 2.35. The Balaban J connectivity index is 2.32. The predicted octanol–water partition coefficient (Wildman–Crippen LogP) is 6.76. The quantitative estimate of drug-likeness (QED) is 0.458. The Morgan fingerprint density at radius 3 is 2.38 bits per heavy atom. The van der Waals surface area contributed by atoms with Gasteiger partial charge in [0.15, 0.2) is 0 Å². The maximum Gasteiger partial charge on any atom is 0.0393 e. The van der Waals surface area contributed by atoms with Gasteiger partial charge < -0.3 is 0 Å². The Kier molecular flexibility index (Phi) is 3.62. The highest BCUT2D eigenvalue weighted by atomic mass is 32.1. The van der Waals surface area contributed by atoms with Gasteiger partial charge in [-0.25, -0.2) is 0 Å². The van der Waals surface area contributed by atoms with Crippen molar-refractivity contribution in [3.8, 4) is 0 Å². The molecule has 0 aliphatic heterocycles. The first-order valence-electron chi connectivity index (χ1n) is 7.55. The van der Waals surface area contributed by atoms with Crippen LogP contribution < -0.4 is 0 Å². The maximum absolute atomic E-state index is 2.35. The SMILES string of the molecule is CC=CC(c1cccc2c1sc1ccccc12)C(C)(C)C. The Labute approximate surface area is 131 Å². The molecule has 1 heteroatoms. The fourth-order valence-corrected chi connectivity index (χ4v) is 4.32. The van der Waals surface area contributed by atoms with Crippen molar-refractivity contribution in [2.75, 3.05) is 0 Å². The van der Waals surface area contributed by atoms with Crippen molar-refractivity contribution in [2.45, 2.75) is 33.6 Å². The third-order valence-electron chi connectivity index (χ3n) is 4.09. The van der Waals surface area contributed by atoms with E-state index in [1.54, 1.807) is 0 Å². The van der Waals surface area contributed by atoms with Gasteiger partial charge in [-0.2, -0.15) is 0 Å². The first kappa shape index (κ1) is 14.3. The van der Waals surface area contributed by atoms with Crippen molar-refractivity contribution < 1.29 is 0 Å². The topological polar surface area (TPSA) is 0 Å². The molecule has 0 saturated heterocycles. The molecule has 0 aliphatic rings. The highest BCUT2D eigenvalue weighted by molar-refractivity contribution is 7.26. The second kappa shape index (κ2) is 5.31. The zero-order valence-electron chi connectivity index (χ0n) is 13.2. The molecule has 1 unspecified atom stereocenters. The van der Waals surface area contributed by atoms with Crippen molar-refractivity contribution in [2.24, 2.45) is 5.41 Å². The molecule has 0 bridgehead atoms. The Hall–Kier alpha value is -1.60. The summed E-state index contributed by atoms with van der Waals surface area (Å²) in [4.78, 5) is 0. The third-order valence-corrected chi connectivity index (χ3v) is 5.32. The van der Waals surface area contributed by atoms with E-state index in [0.717, 1.165) is 0 Å². The van der Waals surface area contributed by atoms with Crippen LogP contribution in [0.4, 0.5) is 0 Å². The molecular weight excluding hydrogens is 272 g/mol. The number of thiophene rings is 1. The highest BCUT2D eigenvalue weighted by Crippen LogP contribution is 2.43. The molecule has 108 valence electrons. The molecule has 0 radical (unpaired) electrons. The molecule has 0 spiro atoms. The first-order valence-corrected chi connectivity index (χ1v) is 8.37. The fourth-order valence-electron chi connectivity index (χ4n) is 3.07. The monoisotopic (exact) mass is 294 g/mol. The van der Waals surface area contributed by atoms with E-state index in [1.165, 1.54) is 25.7 Å². The van der Waals surface area contributed by atoms with E-state index < -0.39 is 0 Å². The van der Waals surface area contributed by atoms with Gasteiger partial charge in [-0.05, 0) is 24.0 Å². The van der Waals surface area contributed by atoms with E-state index in [0.29, 0.717) is 5.92 Å². The van der Waals surface area contributed by atoms with Gasteiger partial charge in [0, 0.05) is 26.1 Å². The molecule has 0 saturated carbocycles. The van der Waals surface area contributed by atoms with Crippen LogP contribution in [0.3, 0.4) is 0 Å². The minimum atomic E-state index is 0.219. The van der Waals surface area contributed by atoms with Crippen LogP contribution in [0, 0.1) is 5.41 Å². The first-order chi connectivity index (χ1) is 10.0. The van der Waals surface area contributed by atoms with Gasteiger partial charge in [0.1, 0.15) is 0 Å². The van der Waals surface area contributed by atoms with Crippen LogP contribution in [0.2, 0.25) is 0 Å². The number of benzene rings is 2. The third kappa shape index (κ3) is 2.51. The van der Waals surface area contributed by atoms with Crippen molar-refractivity contribution >= 4 is 31.5 Å². The van der Waals surface area contributed by atoms with Gasteiger partial charge >= 0.3 is 0 Å². The molecule has 21 heavy (non-hydrogen) atoms. The van der Waals surface area contributed by atoms with Crippen LogP contribution in [0.5, 0.6) is 0 Å². The van der Waals surface area contributed by atoms with Crippen LogP contribution in [0.25, 0.3) is 20.2 Å². The molecule has 0 N–H and O–H groups in total. The minimum Gasteiger partial charge on any atom is -0.135 e. The fraction of sp³-hybridized carbons (Fsp3) is 0.300. The standard InChI is InChI=1S/C20H22S/c1-5-9-17(20(2,3)4)16-12-8-11-15-14-10-6-7-13-18(14)21-19(15)16/h5-13,17H,1-4H3. The molecule has 0 nitrogen and oxygen atoms in total. The lowest BCUT2D eigenvalue weighted by atomic mass is 9.76. The van der Waals surface area contributed by atoms with E-state index in [9.17, 15) is 0 Å². The summed E-state index contributed by atoms with van der Waals surface area (Å²) in [5.74, 6) is 0.444. The molecule has 3 aromatic rings. The van der Waals surface area contributed by atoms with E-state index in [-0.39, 0.29) is 5.41 Å². The van der Waals surface area contributed by atoms with E-state index in [4.69, 9.17) is 0 Å². The van der Waals surface area contributed by atoms with Crippen LogP contribution in [-0.4, -0.2) is 0 Å². The molecule has 3 rings (SSSR count). The van der Waals surface area contributed by atoms with Crippen LogP contribution in [0.1, 0.15) is 39.2 Å². The van der Waals surface area contributed by atoms with Gasteiger partial charge in [-0.1, -0.05) is 69.3 Å². The predicted molar refractivity (Wildman–Crippen MR) is 96.3 cm³/mol. The summed E-state index contributed by atoms with van der Waals surface area (Å²) < 4.78 is 2.82. The number of fused-ring (bicyclic) bond motifs is 3. The van der Waals surface area contributed by atoms with E-state index >= 15 is 0 Å². The van der Waals surface area contributed by atoms with Crippen LogP contribution in [0.15, 0.2) is 54.6 Å². The molecular formula is C20H22S. The summed E-state index contributed by atoms with van der Waals surface area (Å²) in [6.07, 6.45) is 4.53. The number of hydrogen-bond acceptors (Lipinski definition) is 1. The summed E-state index contributed by atoms with van der Waals surface area (Å²) in [5.41, 5.74) is 1.68. The molecule has 1 aromatic heterocycles. The van der Waals surface area contributed by atoms with Gasteiger partial charge in [-0.3, -0.25) is 0 Å². The summed E-state index contributed by atoms with van der Waals surface area (Å²) in [6.45, 7) is 9.08. The number of allylic oxidation sites excluding steroid dienone is 2. The largest absolute Gasteiger partial charge is 0.135 e. The second-order valence-corrected chi connectivity index (χ2v) is 7.74. The van der Waals surface area contributed by atoms with Gasteiger partial charge in [0.05, 0.1) is 0 Å². The van der Waals surface area contributed by atoms with Gasteiger partial charge in [0.2, 0.25) is 0 Å². The highest BCUT2D eigenvalue weighted by Gasteiger charge is 2.26. The summed E-state index contributed by atoms with van der Waals surface area (Å²) in [6, 6.07) is 15.5. The van der Waals surface area contributed by atoms with E-state index in [2.05, 4.69) is 82.3 Å². The molecule has 1 atom stereocenters. The Morgan fingerprint density at radius 1 is 0.952 bits per heavy atom. The van der Waals surface area contributed by atoms with Crippen LogP contribution in [-0.2, 0) is 0 Å². The van der Waals surface area contributed by atoms with Gasteiger partial charge in [0.25, 0.3) is 0 Å². The lowest BCUT2D eigenvalue weighted by molar-refractivity contribution is 0.368. The molecule has 1 heterocycles. The zero-order chi connectivity index (χ0) is 15.0. The summed E-state index contributed by atoms with van der Waals surface area (Å²) in [5, 5.41) is 2.78. The smallest absolute Gasteiger partial charge is 0.0393 e. The number of rotatable bonds is 2. The lowest BCUT2D eigenvalue weighted by Crippen LogP contribution is -2.16. The Bertz CT molecular complexity index is 799. The lowest BCUT2D eigenvalue weighted by Gasteiger charge is -2.29. The average molecular weight is 294 g/mol. The summed E-state index contributed by atoms with van der Waals surface area (Å²) in [7, 11) is 0. The number of hydrogen-bond donors (Lipinski definition) is 0. The van der Waals surface area contributed by atoms with Crippen molar-refractivity contribution in [3.63, 3.8) is 0 Å². The Morgan fingerprint density at radius 2 is 1.67 bits per heavy atom. The second-order valence-electron chi connectivity index (χ2n) is 6.69. The molecule has 0 fully saturated rings. The van der Waals surface area contributed by atoms with Gasteiger partial charge in [-0.15, -0.1) is 11.3 Å². The summed E-state index contributed by atoms with van der Waals surface area (Å²) >= 11 is 1.92. The molecule has 2 aromatic carbocycles.